The minimum Gasteiger partial charge on any atom is -0.467 e. The van der Waals surface area contributed by atoms with Crippen molar-refractivity contribution in [1.29, 1.82) is 0 Å². The normalized spacial score (nSPS) is 16.4. The lowest BCUT2D eigenvalue weighted by atomic mass is 10.1. The minimum atomic E-state index is -1.06. The first-order valence-electron chi connectivity index (χ1n) is 7.07. The van der Waals surface area contributed by atoms with Crippen molar-refractivity contribution in [1.82, 2.24) is 5.32 Å². The van der Waals surface area contributed by atoms with Gasteiger partial charge in [0.15, 0.2) is 6.79 Å². The lowest BCUT2D eigenvalue weighted by Gasteiger charge is -2.09. The van der Waals surface area contributed by atoms with E-state index in [4.69, 9.17) is 19.3 Å². The quantitative estimate of drug-likeness (QED) is 0.565. The molecule has 1 unspecified atom stereocenters. The third-order valence-electron chi connectivity index (χ3n) is 3.55. The molecule has 1 atom stereocenters. The molecule has 0 radical (unpaired) electrons. The molecule has 22 heavy (non-hydrogen) atoms. The monoisotopic (exact) mass is 313 g/mol. The predicted molar refractivity (Wildman–Crippen MR) is 76.6 cm³/mol. The maximum atomic E-state index is 14.1. The van der Waals surface area contributed by atoms with Crippen molar-refractivity contribution in [3.8, 4) is 5.75 Å². The van der Waals surface area contributed by atoms with Gasteiger partial charge in [-0.25, -0.2) is 9.18 Å². The lowest BCUT2D eigenvalue weighted by molar-refractivity contribution is -0.00861. The second kappa shape index (κ2) is 7.95. The van der Waals surface area contributed by atoms with Crippen LogP contribution in [0.15, 0.2) is 12.1 Å². The molecule has 2 rings (SSSR count). The van der Waals surface area contributed by atoms with Crippen LogP contribution in [0.3, 0.4) is 0 Å². The van der Waals surface area contributed by atoms with Crippen molar-refractivity contribution in [2.45, 2.75) is 12.8 Å². The number of hydrogen-bond acceptors (Lipinski definition) is 4. The number of fused-ring (bicyclic) bond motifs is 1. The van der Waals surface area contributed by atoms with E-state index in [0.717, 1.165) is 5.56 Å². The summed E-state index contributed by atoms with van der Waals surface area (Å²) < 4.78 is 29.5. The molecule has 1 amide bonds. The number of ether oxygens (including phenoxy) is 3. The maximum Gasteiger partial charge on any atom is 0.404 e. The lowest BCUT2D eigenvalue weighted by Crippen LogP contribution is -2.27. The molecule has 1 aromatic rings. The Hall–Kier alpha value is -1.86. The molecule has 0 spiro atoms. The summed E-state index contributed by atoms with van der Waals surface area (Å²) in [6, 6.07) is 3.13. The van der Waals surface area contributed by atoms with Gasteiger partial charge in [0.1, 0.15) is 11.6 Å². The third kappa shape index (κ3) is 4.57. The molecule has 0 aliphatic heterocycles. The van der Waals surface area contributed by atoms with Crippen LogP contribution >= 0.6 is 0 Å². The van der Waals surface area contributed by atoms with E-state index in [1.807, 2.05) is 0 Å². The summed E-state index contributed by atoms with van der Waals surface area (Å²) in [6.07, 6.45) is 0.106. The molecule has 7 heteroatoms. The Morgan fingerprint density at radius 3 is 2.95 bits per heavy atom. The van der Waals surface area contributed by atoms with Crippen LogP contribution in [0.4, 0.5) is 9.18 Å². The van der Waals surface area contributed by atoms with Crippen LogP contribution in [0.1, 0.15) is 11.1 Å². The number of carbonyl (C=O) groups is 1. The molecule has 0 saturated heterocycles. The molecule has 0 fully saturated rings. The van der Waals surface area contributed by atoms with E-state index < -0.39 is 6.09 Å². The van der Waals surface area contributed by atoms with Gasteiger partial charge in [-0.15, -0.1) is 0 Å². The average Bonchev–Trinajstić information content (AvgIpc) is 2.88. The Bertz CT molecular complexity index is 523. The van der Waals surface area contributed by atoms with E-state index in [9.17, 15) is 9.18 Å². The SMILES string of the molecule is COCCOCOc1cc(F)c2c(c1)CC(CNC(=O)O)C2. The highest BCUT2D eigenvalue weighted by Crippen LogP contribution is 2.32. The van der Waals surface area contributed by atoms with Gasteiger partial charge in [-0.2, -0.15) is 0 Å². The zero-order valence-corrected chi connectivity index (χ0v) is 12.4. The number of hydrogen-bond donors (Lipinski definition) is 2. The van der Waals surface area contributed by atoms with Crippen LogP contribution < -0.4 is 10.1 Å². The second-order valence-electron chi connectivity index (χ2n) is 5.17. The van der Waals surface area contributed by atoms with Crippen LogP contribution in [-0.2, 0) is 22.3 Å². The summed E-state index contributed by atoms with van der Waals surface area (Å²) in [5, 5.41) is 11.0. The van der Waals surface area contributed by atoms with Crippen LogP contribution in [0.2, 0.25) is 0 Å². The van der Waals surface area contributed by atoms with E-state index in [0.29, 0.717) is 43.9 Å². The number of carboxylic acid groups (broad SMARTS) is 1. The van der Waals surface area contributed by atoms with Crippen molar-refractivity contribution < 1.29 is 28.5 Å². The summed E-state index contributed by atoms with van der Waals surface area (Å²) in [5.41, 5.74) is 1.51. The molecule has 0 heterocycles. The topological polar surface area (TPSA) is 77.0 Å². The highest BCUT2D eigenvalue weighted by Gasteiger charge is 2.25. The Labute approximate surface area is 128 Å². The smallest absolute Gasteiger partial charge is 0.404 e. The van der Waals surface area contributed by atoms with Gasteiger partial charge in [-0.3, -0.25) is 0 Å². The molecule has 1 aliphatic rings. The molecule has 0 saturated carbocycles. The Morgan fingerprint density at radius 1 is 1.41 bits per heavy atom. The van der Waals surface area contributed by atoms with Crippen LogP contribution in [-0.4, -0.2) is 44.9 Å². The number of methoxy groups -OCH3 is 1. The fourth-order valence-corrected chi connectivity index (χ4v) is 2.52. The Balaban J connectivity index is 1.89. The van der Waals surface area contributed by atoms with Crippen molar-refractivity contribution in [3.63, 3.8) is 0 Å². The first kappa shape index (κ1) is 16.5. The van der Waals surface area contributed by atoms with E-state index in [-0.39, 0.29) is 18.5 Å². The van der Waals surface area contributed by atoms with Gasteiger partial charge in [0.25, 0.3) is 0 Å². The number of amides is 1. The van der Waals surface area contributed by atoms with Gasteiger partial charge in [0.2, 0.25) is 0 Å². The zero-order valence-electron chi connectivity index (χ0n) is 12.4. The van der Waals surface area contributed by atoms with Gasteiger partial charge >= 0.3 is 6.09 Å². The first-order chi connectivity index (χ1) is 10.6. The molecule has 6 nitrogen and oxygen atoms in total. The van der Waals surface area contributed by atoms with E-state index >= 15 is 0 Å². The summed E-state index contributed by atoms with van der Waals surface area (Å²) in [6.45, 7) is 1.23. The van der Waals surface area contributed by atoms with Crippen molar-refractivity contribution in [3.05, 3.63) is 29.1 Å². The average molecular weight is 313 g/mol. The van der Waals surface area contributed by atoms with Crippen molar-refractivity contribution in [2.24, 2.45) is 5.92 Å². The van der Waals surface area contributed by atoms with Crippen LogP contribution in [0.25, 0.3) is 0 Å². The summed E-state index contributed by atoms with van der Waals surface area (Å²) in [7, 11) is 1.58. The maximum absolute atomic E-state index is 14.1. The highest BCUT2D eigenvalue weighted by atomic mass is 19.1. The Morgan fingerprint density at radius 2 is 2.23 bits per heavy atom. The molecule has 2 N–H and O–H groups in total. The van der Waals surface area contributed by atoms with Crippen LogP contribution in [0, 0.1) is 11.7 Å². The van der Waals surface area contributed by atoms with E-state index in [1.165, 1.54) is 6.07 Å². The van der Waals surface area contributed by atoms with Crippen molar-refractivity contribution in [2.75, 3.05) is 33.7 Å². The molecule has 1 aromatic carbocycles. The summed E-state index contributed by atoms with van der Waals surface area (Å²) >= 11 is 0. The third-order valence-corrected chi connectivity index (χ3v) is 3.55. The van der Waals surface area contributed by atoms with E-state index in [2.05, 4.69) is 5.32 Å². The number of benzene rings is 1. The fraction of sp³-hybridized carbons (Fsp3) is 0.533. The molecular formula is C15H20FNO5. The first-order valence-corrected chi connectivity index (χ1v) is 7.07. The van der Waals surface area contributed by atoms with Gasteiger partial charge in [0.05, 0.1) is 13.2 Å². The fourth-order valence-electron chi connectivity index (χ4n) is 2.52. The minimum absolute atomic E-state index is 0.0333. The standard InChI is InChI=1S/C15H20FNO5/c1-20-2-3-21-9-22-12-6-11-4-10(8-17-15(18)19)5-13(11)14(16)7-12/h6-7,10,17H,2-5,8-9H2,1H3,(H,18,19). The van der Waals surface area contributed by atoms with Gasteiger partial charge in [-0.05, 0) is 36.0 Å². The zero-order chi connectivity index (χ0) is 15.9. The van der Waals surface area contributed by atoms with Gasteiger partial charge in [0, 0.05) is 19.7 Å². The number of halogens is 1. The number of rotatable bonds is 8. The highest BCUT2D eigenvalue weighted by molar-refractivity contribution is 5.64. The molecule has 0 aromatic heterocycles. The molecule has 122 valence electrons. The Kier molecular flexibility index (Phi) is 5.97. The van der Waals surface area contributed by atoms with Crippen molar-refractivity contribution >= 4 is 6.09 Å². The largest absolute Gasteiger partial charge is 0.467 e. The molecule has 1 aliphatic carbocycles. The van der Waals surface area contributed by atoms with E-state index in [1.54, 1.807) is 13.2 Å². The summed E-state index contributed by atoms with van der Waals surface area (Å²) in [4.78, 5) is 10.5. The van der Waals surface area contributed by atoms with Crippen LogP contribution in [0.5, 0.6) is 5.75 Å². The second-order valence-corrected chi connectivity index (χ2v) is 5.17. The molecular weight excluding hydrogens is 293 g/mol. The predicted octanol–water partition coefficient (Wildman–Crippen LogP) is 1.81. The van der Waals surface area contributed by atoms with Gasteiger partial charge < -0.3 is 24.6 Å². The molecule has 0 bridgehead atoms. The summed E-state index contributed by atoms with van der Waals surface area (Å²) in [5.74, 6) is 0.177. The number of nitrogens with one attached hydrogen (secondary N) is 1. The van der Waals surface area contributed by atoms with Gasteiger partial charge in [-0.1, -0.05) is 0 Å².